The minimum atomic E-state index is -0.980. The quantitative estimate of drug-likeness (QED) is 0.755. The smallest absolute Gasteiger partial charge is 0.227 e. The second-order valence-corrected chi connectivity index (χ2v) is 7.43. The van der Waals surface area contributed by atoms with Gasteiger partial charge in [-0.1, -0.05) is 0 Å². The van der Waals surface area contributed by atoms with Crippen molar-refractivity contribution < 1.29 is 4.21 Å². The monoisotopic (exact) mass is 355 g/mol. The van der Waals surface area contributed by atoms with E-state index in [1.54, 1.807) is 18.6 Å². The fourth-order valence-electron chi connectivity index (χ4n) is 2.70. The second kappa shape index (κ2) is 7.14. The molecule has 0 radical (unpaired) electrons. The highest BCUT2D eigenvalue weighted by molar-refractivity contribution is 7.84. The number of benzene rings is 1. The van der Waals surface area contributed by atoms with E-state index in [0.29, 0.717) is 12.0 Å². The van der Waals surface area contributed by atoms with Gasteiger partial charge >= 0.3 is 0 Å². The van der Waals surface area contributed by atoms with Gasteiger partial charge < -0.3 is 9.88 Å². The van der Waals surface area contributed by atoms with E-state index in [2.05, 4.69) is 38.7 Å². The third-order valence-corrected chi connectivity index (χ3v) is 4.82. The van der Waals surface area contributed by atoms with Crippen molar-refractivity contribution in [1.29, 1.82) is 0 Å². The number of imidazole rings is 1. The Labute approximate surface area is 149 Å². The Kier molecular flexibility index (Phi) is 4.94. The third-order valence-electron chi connectivity index (χ3n) is 3.89. The highest BCUT2D eigenvalue weighted by Gasteiger charge is 2.12. The molecule has 0 amide bonds. The minimum Gasteiger partial charge on any atom is -0.326 e. The summed E-state index contributed by atoms with van der Waals surface area (Å²) in [5.74, 6) is 1.49. The first-order valence-corrected chi connectivity index (χ1v) is 9.58. The SMILES string of the molecule is Cc1ncc(-c2cnc(Nc3ccc(S(C)=O)cc3)nc2)n1C(C)C. The number of hydrogen-bond donors (Lipinski definition) is 1. The zero-order chi connectivity index (χ0) is 18.0. The van der Waals surface area contributed by atoms with Gasteiger partial charge in [0.2, 0.25) is 5.95 Å². The molecule has 0 saturated heterocycles. The lowest BCUT2D eigenvalue weighted by Crippen LogP contribution is -2.05. The van der Waals surface area contributed by atoms with Crippen molar-refractivity contribution in [2.24, 2.45) is 0 Å². The second-order valence-electron chi connectivity index (χ2n) is 6.05. The Hall–Kier alpha value is -2.54. The summed E-state index contributed by atoms with van der Waals surface area (Å²) in [6.07, 6.45) is 7.10. The van der Waals surface area contributed by atoms with Crippen LogP contribution in [0.2, 0.25) is 0 Å². The number of aromatic nitrogens is 4. The summed E-state index contributed by atoms with van der Waals surface area (Å²) in [7, 11) is -0.980. The van der Waals surface area contributed by atoms with E-state index >= 15 is 0 Å². The van der Waals surface area contributed by atoms with Crippen LogP contribution in [0, 0.1) is 6.92 Å². The molecule has 0 saturated carbocycles. The molecule has 0 bridgehead atoms. The van der Waals surface area contributed by atoms with E-state index < -0.39 is 10.8 Å². The van der Waals surface area contributed by atoms with Crippen molar-refractivity contribution in [2.75, 3.05) is 11.6 Å². The van der Waals surface area contributed by atoms with Crippen molar-refractivity contribution in [1.82, 2.24) is 19.5 Å². The molecule has 0 aliphatic carbocycles. The summed E-state index contributed by atoms with van der Waals surface area (Å²) < 4.78 is 13.6. The molecule has 1 atom stereocenters. The molecule has 0 fully saturated rings. The van der Waals surface area contributed by atoms with E-state index in [-0.39, 0.29) is 0 Å². The van der Waals surface area contributed by atoms with Gasteiger partial charge in [-0.25, -0.2) is 15.0 Å². The Balaban J connectivity index is 1.80. The third kappa shape index (κ3) is 3.76. The lowest BCUT2D eigenvalue weighted by Gasteiger charge is -2.14. The van der Waals surface area contributed by atoms with Gasteiger partial charge in [-0.05, 0) is 45.0 Å². The first kappa shape index (κ1) is 17.3. The summed E-state index contributed by atoms with van der Waals surface area (Å²) in [6.45, 7) is 6.25. The molecule has 3 aromatic rings. The van der Waals surface area contributed by atoms with Crippen LogP contribution in [0.1, 0.15) is 25.7 Å². The van der Waals surface area contributed by atoms with Gasteiger partial charge in [-0.3, -0.25) is 4.21 Å². The summed E-state index contributed by atoms with van der Waals surface area (Å²) in [6, 6.07) is 7.71. The van der Waals surface area contributed by atoms with Gasteiger partial charge in [0.05, 0.1) is 11.9 Å². The Bertz CT molecular complexity index is 885. The van der Waals surface area contributed by atoms with Crippen LogP contribution in [0.3, 0.4) is 0 Å². The predicted molar refractivity (Wildman–Crippen MR) is 100 cm³/mol. The van der Waals surface area contributed by atoms with Crippen LogP contribution in [0.25, 0.3) is 11.3 Å². The largest absolute Gasteiger partial charge is 0.326 e. The van der Waals surface area contributed by atoms with Gasteiger partial charge in [0.1, 0.15) is 5.82 Å². The fraction of sp³-hybridized carbons (Fsp3) is 0.278. The zero-order valence-corrected chi connectivity index (χ0v) is 15.5. The summed E-state index contributed by atoms with van der Waals surface area (Å²) in [5, 5.41) is 3.15. The fourth-order valence-corrected chi connectivity index (χ4v) is 3.22. The van der Waals surface area contributed by atoms with Crippen molar-refractivity contribution in [2.45, 2.75) is 31.7 Å². The maximum Gasteiger partial charge on any atom is 0.227 e. The molecule has 0 aliphatic rings. The molecular weight excluding hydrogens is 334 g/mol. The van der Waals surface area contributed by atoms with Gasteiger partial charge in [0, 0.05) is 51.6 Å². The molecule has 1 unspecified atom stereocenters. The Morgan fingerprint density at radius 3 is 2.24 bits per heavy atom. The Morgan fingerprint density at radius 2 is 1.68 bits per heavy atom. The van der Waals surface area contributed by atoms with Crippen LogP contribution in [0.4, 0.5) is 11.6 Å². The van der Waals surface area contributed by atoms with Gasteiger partial charge in [-0.2, -0.15) is 0 Å². The first-order chi connectivity index (χ1) is 12.0. The van der Waals surface area contributed by atoms with Gasteiger partial charge in [0.15, 0.2) is 0 Å². The standard InChI is InChI=1S/C18H21N5OS/c1-12(2)23-13(3)19-11-17(23)14-9-20-18(21-10-14)22-15-5-7-16(8-6-15)25(4)24/h5-12H,1-4H3,(H,20,21,22). The van der Waals surface area contributed by atoms with Crippen LogP contribution in [-0.4, -0.2) is 30.0 Å². The van der Waals surface area contributed by atoms with Crippen LogP contribution in [0.5, 0.6) is 0 Å². The maximum atomic E-state index is 11.4. The minimum absolute atomic E-state index is 0.318. The van der Waals surface area contributed by atoms with Crippen molar-refractivity contribution in [3.8, 4) is 11.3 Å². The average molecular weight is 355 g/mol. The van der Waals surface area contributed by atoms with Crippen LogP contribution < -0.4 is 5.32 Å². The molecule has 6 nitrogen and oxygen atoms in total. The molecule has 1 N–H and O–H groups in total. The molecule has 25 heavy (non-hydrogen) atoms. The molecule has 7 heteroatoms. The summed E-state index contributed by atoms with van der Waals surface area (Å²) >= 11 is 0. The molecule has 1 aromatic carbocycles. The molecule has 2 aromatic heterocycles. The highest BCUT2D eigenvalue weighted by atomic mass is 32.2. The number of anilines is 2. The average Bonchev–Trinajstić information content (AvgIpc) is 2.98. The summed E-state index contributed by atoms with van der Waals surface area (Å²) in [4.78, 5) is 14.0. The topological polar surface area (TPSA) is 72.7 Å². The molecular formula is C18H21N5OS. The number of nitrogens with zero attached hydrogens (tertiary/aromatic N) is 4. The molecule has 130 valence electrons. The van der Waals surface area contributed by atoms with E-state index in [0.717, 1.165) is 27.7 Å². The van der Waals surface area contributed by atoms with E-state index in [4.69, 9.17) is 0 Å². The van der Waals surface area contributed by atoms with Crippen LogP contribution >= 0.6 is 0 Å². The molecule has 2 heterocycles. The van der Waals surface area contributed by atoms with E-state index in [1.807, 2.05) is 37.4 Å². The van der Waals surface area contributed by atoms with E-state index in [9.17, 15) is 4.21 Å². The number of aryl methyl sites for hydroxylation is 1. The van der Waals surface area contributed by atoms with Gasteiger partial charge in [0.25, 0.3) is 0 Å². The van der Waals surface area contributed by atoms with Crippen LogP contribution in [0.15, 0.2) is 47.8 Å². The molecule has 0 aliphatic heterocycles. The highest BCUT2D eigenvalue weighted by Crippen LogP contribution is 2.24. The maximum absolute atomic E-state index is 11.4. The van der Waals surface area contributed by atoms with Crippen molar-refractivity contribution >= 4 is 22.4 Å². The lowest BCUT2D eigenvalue weighted by molar-refractivity contribution is 0.588. The summed E-state index contributed by atoms with van der Waals surface area (Å²) in [5.41, 5.74) is 2.79. The lowest BCUT2D eigenvalue weighted by atomic mass is 10.2. The van der Waals surface area contributed by atoms with Gasteiger partial charge in [-0.15, -0.1) is 0 Å². The predicted octanol–water partition coefficient (Wildman–Crippen LogP) is 3.71. The molecule has 3 rings (SSSR count). The number of rotatable bonds is 5. The Morgan fingerprint density at radius 1 is 1.04 bits per heavy atom. The number of nitrogens with one attached hydrogen (secondary N) is 1. The normalized spacial score (nSPS) is 12.4. The van der Waals surface area contributed by atoms with Crippen molar-refractivity contribution in [3.05, 3.63) is 48.7 Å². The first-order valence-electron chi connectivity index (χ1n) is 8.02. The molecule has 0 spiro atoms. The number of hydrogen-bond acceptors (Lipinski definition) is 5. The zero-order valence-electron chi connectivity index (χ0n) is 14.7. The van der Waals surface area contributed by atoms with Crippen molar-refractivity contribution in [3.63, 3.8) is 0 Å². The van der Waals surface area contributed by atoms with E-state index in [1.165, 1.54) is 0 Å². The van der Waals surface area contributed by atoms with Crippen LogP contribution in [-0.2, 0) is 10.8 Å².